The second-order valence-corrected chi connectivity index (χ2v) is 6.37. The third-order valence-corrected chi connectivity index (χ3v) is 4.38. The van der Waals surface area contributed by atoms with Crippen molar-refractivity contribution in [1.29, 1.82) is 0 Å². The molecule has 0 amide bonds. The number of ether oxygens (including phenoxy) is 1. The number of rotatable bonds is 4. The van der Waals surface area contributed by atoms with E-state index in [0.29, 0.717) is 17.3 Å². The molecule has 1 N–H and O–H groups in total. The average Bonchev–Trinajstić information content (AvgIpc) is 3.10. The van der Waals surface area contributed by atoms with Crippen molar-refractivity contribution in [2.24, 2.45) is 0 Å². The van der Waals surface area contributed by atoms with E-state index in [1.165, 1.54) is 29.5 Å². The van der Waals surface area contributed by atoms with Crippen molar-refractivity contribution in [3.63, 3.8) is 0 Å². The number of nitrogens with zero attached hydrogens (tertiary/aromatic N) is 3. The van der Waals surface area contributed by atoms with Gasteiger partial charge in [0.15, 0.2) is 5.82 Å². The fourth-order valence-corrected chi connectivity index (χ4v) is 3.25. The Balaban J connectivity index is 1.72. The number of thiophene rings is 1. The largest absolute Gasteiger partial charge is 0.573 e. The number of aromatic nitrogens is 3. The minimum Gasteiger partial charge on any atom is -0.406 e. The van der Waals surface area contributed by atoms with Crippen molar-refractivity contribution in [2.75, 3.05) is 5.32 Å². The molecular weight excluding hydrogens is 377 g/mol. The summed E-state index contributed by atoms with van der Waals surface area (Å²) >= 11 is 1.45. The zero-order valence-corrected chi connectivity index (χ0v) is 14.4. The zero-order valence-electron chi connectivity index (χ0n) is 13.6. The first-order valence-electron chi connectivity index (χ1n) is 7.76. The van der Waals surface area contributed by atoms with Crippen molar-refractivity contribution in [3.05, 3.63) is 60.2 Å². The summed E-state index contributed by atoms with van der Waals surface area (Å²) in [6, 6.07) is 11.1. The molecule has 3 aromatic heterocycles. The highest BCUT2D eigenvalue weighted by molar-refractivity contribution is 7.16. The van der Waals surface area contributed by atoms with E-state index in [0.717, 1.165) is 15.8 Å². The van der Waals surface area contributed by atoms with Gasteiger partial charge in [-0.15, -0.1) is 24.5 Å². The smallest absolute Gasteiger partial charge is 0.406 e. The highest BCUT2D eigenvalue weighted by Gasteiger charge is 2.31. The van der Waals surface area contributed by atoms with E-state index in [9.17, 15) is 13.2 Å². The lowest BCUT2D eigenvalue weighted by atomic mass is 10.2. The molecule has 5 nitrogen and oxygen atoms in total. The van der Waals surface area contributed by atoms with Gasteiger partial charge < -0.3 is 10.1 Å². The van der Waals surface area contributed by atoms with Gasteiger partial charge in [0.2, 0.25) is 0 Å². The Labute approximate surface area is 155 Å². The van der Waals surface area contributed by atoms with Crippen molar-refractivity contribution in [3.8, 4) is 17.1 Å². The van der Waals surface area contributed by atoms with Crippen molar-refractivity contribution in [1.82, 2.24) is 15.0 Å². The van der Waals surface area contributed by atoms with Gasteiger partial charge in [-0.05, 0) is 35.7 Å². The maximum Gasteiger partial charge on any atom is 0.573 e. The van der Waals surface area contributed by atoms with E-state index in [1.54, 1.807) is 24.5 Å². The van der Waals surface area contributed by atoms with Crippen LogP contribution in [0.25, 0.3) is 21.6 Å². The summed E-state index contributed by atoms with van der Waals surface area (Å²) in [5.74, 6) is 0.656. The zero-order chi connectivity index (χ0) is 18.9. The second-order valence-electron chi connectivity index (χ2n) is 5.48. The van der Waals surface area contributed by atoms with E-state index in [-0.39, 0.29) is 5.75 Å². The van der Waals surface area contributed by atoms with Gasteiger partial charge in [-0.25, -0.2) is 9.97 Å². The van der Waals surface area contributed by atoms with E-state index >= 15 is 0 Å². The second kappa shape index (κ2) is 6.84. The topological polar surface area (TPSA) is 59.9 Å². The van der Waals surface area contributed by atoms with Crippen LogP contribution in [0.4, 0.5) is 24.7 Å². The molecule has 4 rings (SSSR count). The summed E-state index contributed by atoms with van der Waals surface area (Å²) < 4.78 is 41.3. The lowest BCUT2D eigenvalue weighted by molar-refractivity contribution is -0.274. The lowest BCUT2D eigenvalue weighted by Crippen LogP contribution is -2.17. The van der Waals surface area contributed by atoms with Gasteiger partial charge in [0.05, 0.1) is 5.39 Å². The number of hydrogen-bond donors (Lipinski definition) is 1. The van der Waals surface area contributed by atoms with Crippen LogP contribution in [0.5, 0.6) is 5.75 Å². The maximum absolute atomic E-state index is 12.4. The highest BCUT2D eigenvalue weighted by Crippen LogP contribution is 2.31. The van der Waals surface area contributed by atoms with E-state index in [4.69, 9.17) is 0 Å². The molecule has 0 saturated heterocycles. The Morgan fingerprint density at radius 1 is 1.04 bits per heavy atom. The third-order valence-electron chi connectivity index (χ3n) is 3.58. The summed E-state index contributed by atoms with van der Waals surface area (Å²) in [6.07, 6.45) is -1.45. The first kappa shape index (κ1) is 17.2. The summed E-state index contributed by atoms with van der Waals surface area (Å²) in [4.78, 5) is 13.9. The fraction of sp³-hybridized carbons (Fsp3) is 0.0556. The van der Waals surface area contributed by atoms with Gasteiger partial charge in [0.25, 0.3) is 0 Å². The Bertz CT molecular complexity index is 1080. The summed E-state index contributed by atoms with van der Waals surface area (Å²) in [6.45, 7) is 0. The molecule has 9 heteroatoms. The minimum atomic E-state index is -4.75. The molecule has 0 aliphatic carbocycles. The van der Waals surface area contributed by atoms with Gasteiger partial charge in [0, 0.05) is 29.7 Å². The molecule has 136 valence electrons. The first-order chi connectivity index (χ1) is 13.0. The Hall–Kier alpha value is -3.20. The van der Waals surface area contributed by atoms with E-state index in [1.807, 2.05) is 17.5 Å². The molecule has 0 unspecified atom stereocenters. The molecule has 0 aliphatic heterocycles. The summed E-state index contributed by atoms with van der Waals surface area (Å²) in [5, 5.41) is 5.71. The van der Waals surface area contributed by atoms with Crippen LogP contribution < -0.4 is 10.1 Å². The molecule has 0 aliphatic rings. The van der Waals surface area contributed by atoms with E-state index < -0.39 is 6.36 Å². The summed E-state index contributed by atoms with van der Waals surface area (Å²) in [5.41, 5.74) is 1.16. The highest BCUT2D eigenvalue weighted by atomic mass is 32.1. The van der Waals surface area contributed by atoms with Gasteiger partial charge in [-0.2, -0.15) is 0 Å². The van der Waals surface area contributed by atoms with Crippen LogP contribution in [-0.2, 0) is 0 Å². The lowest BCUT2D eigenvalue weighted by Gasteiger charge is -2.12. The standard InChI is InChI=1S/C18H11F3N4OS/c19-18(20,21)26-13-5-1-4-12(9-13)23-16-14-6-8-27-17(14)25-15(24-16)11-3-2-7-22-10-11/h1-10H,(H,23,24,25). The number of anilines is 2. The van der Waals surface area contributed by atoms with Crippen LogP contribution in [0.1, 0.15) is 0 Å². The first-order valence-corrected chi connectivity index (χ1v) is 8.64. The Morgan fingerprint density at radius 3 is 2.70 bits per heavy atom. The van der Waals surface area contributed by atoms with Gasteiger partial charge >= 0.3 is 6.36 Å². The number of nitrogens with one attached hydrogen (secondary N) is 1. The van der Waals surface area contributed by atoms with Crippen LogP contribution in [0.15, 0.2) is 60.2 Å². The van der Waals surface area contributed by atoms with Gasteiger partial charge in [-0.1, -0.05) is 6.07 Å². The van der Waals surface area contributed by atoms with Crippen LogP contribution in [0.3, 0.4) is 0 Å². The maximum atomic E-state index is 12.4. The summed E-state index contributed by atoms with van der Waals surface area (Å²) in [7, 11) is 0. The average molecular weight is 388 g/mol. The molecule has 3 heterocycles. The fourth-order valence-electron chi connectivity index (χ4n) is 2.48. The van der Waals surface area contributed by atoms with Crippen molar-refractivity contribution >= 4 is 33.1 Å². The molecular formula is C18H11F3N4OS. The predicted octanol–water partition coefficient (Wildman–Crippen LogP) is 5.40. The normalized spacial score (nSPS) is 11.5. The monoisotopic (exact) mass is 388 g/mol. The molecule has 0 fully saturated rings. The number of halogens is 3. The molecule has 0 bridgehead atoms. The van der Waals surface area contributed by atoms with E-state index in [2.05, 4.69) is 25.0 Å². The van der Waals surface area contributed by atoms with Gasteiger partial charge in [-0.3, -0.25) is 4.98 Å². The molecule has 0 saturated carbocycles. The SMILES string of the molecule is FC(F)(F)Oc1cccc(Nc2nc(-c3cccnc3)nc3sccc23)c1. The van der Waals surface area contributed by atoms with Crippen molar-refractivity contribution < 1.29 is 17.9 Å². The molecule has 0 radical (unpaired) electrons. The van der Waals surface area contributed by atoms with Gasteiger partial charge in [0.1, 0.15) is 16.4 Å². The van der Waals surface area contributed by atoms with Crippen molar-refractivity contribution in [2.45, 2.75) is 6.36 Å². The van der Waals surface area contributed by atoms with Crippen LogP contribution in [-0.4, -0.2) is 21.3 Å². The number of fused-ring (bicyclic) bond motifs is 1. The van der Waals surface area contributed by atoms with Crippen LogP contribution in [0.2, 0.25) is 0 Å². The molecule has 1 aromatic carbocycles. The Kier molecular flexibility index (Phi) is 4.36. The van der Waals surface area contributed by atoms with Crippen LogP contribution >= 0.6 is 11.3 Å². The Morgan fingerprint density at radius 2 is 1.93 bits per heavy atom. The van der Waals surface area contributed by atoms with Crippen LogP contribution in [0, 0.1) is 0 Å². The third kappa shape index (κ3) is 3.98. The molecule has 0 atom stereocenters. The molecule has 27 heavy (non-hydrogen) atoms. The molecule has 0 spiro atoms. The number of alkyl halides is 3. The number of benzene rings is 1. The minimum absolute atomic E-state index is 0.310. The number of hydrogen-bond acceptors (Lipinski definition) is 6. The predicted molar refractivity (Wildman–Crippen MR) is 97.1 cm³/mol. The number of pyridine rings is 1. The molecule has 4 aromatic rings. The quantitative estimate of drug-likeness (QED) is 0.508.